The van der Waals surface area contributed by atoms with Crippen LogP contribution in [-0.2, 0) is 17.8 Å². The molecule has 3 aromatic rings. The second kappa shape index (κ2) is 9.12. The summed E-state index contributed by atoms with van der Waals surface area (Å²) in [7, 11) is 0. The molecule has 1 fully saturated rings. The first-order chi connectivity index (χ1) is 17.2. The molecule has 0 aliphatic carbocycles. The van der Waals surface area contributed by atoms with Gasteiger partial charge < -0.3 is 21.7 Å². The van der Waals surface area contributed by atoms with Gasteiger partial charge in [0.25, 0.3) is 0 Å². The Morgan fingerprint density at radius 3 is 2.24 bits per heavy atom. The molecule has 0 bridgehead atoms. The van der Waals surface area contributed by atoms with Crippen molar-refractivity contribution < 1.29 is 26.3 Å². The standard InChI is InChI=1S/C22H23F6N9/c1-20(12-5-3-2-4-6-12,13-9-36(10-13)19(31)34-18(29)30)11-32-16-7-14(21(23,24)25)33-17-8-15(22(26,27)28)35-37(16)17/h2-8,13,32H,9-11H2,1H3,(H5,29,30,31,34). The zero-order valence-corrected chi connectivity index (χ0v) is 19.4. The van der Waals surface area contributed by atoms with E-state index >= 15 is 0 Å². The number of fused-ring (bicyclic) bond motifs is 1. The number of guanidine groups is 2. The highest BCUT2D eigenvalue weighted by Crippen LogP contribution is 2.39. The monoisotopic (exact) mass is 527 g/mol. The fourth-order valence-corrected chi connectivity index (χ4v) is 4.21. The van der Waals surface area contributed by atoms with E-state index in [0.717, 1.165) is 5.56 Å². The molecule has 4 rings (SSSR count). The van der Waals surface area contributed by atoms with Gasteiger partial charge >= 0.3 is 12.4 Å². The number of hydrogen-bond donors (Lipinski definition) is 4. The van der Waals surface area contributed by atoms with Gasteiger partial charge in [0.05, 0.1) is 0 Å². The van der Waals surface area contributed by atoms with Crippen LogP contribution in [0.3, 0.4) is 0 Å². The second-order valence-electron chi connectivity index (χ2n) is 8.92. The Bertz CT molecular complexity index is 1320. The first-order valence-electron chi connectivity index (χ1n) is 11.0. The van der Waals surface area contributed by atoms with Crippen LogP contribution in [0.4, 0.5) is 32.2 Å². The van der Waals surface area contributed by atoms with Crippen LogP contribution >= 0.6 is 0 Å². The number of anilines is 1. The van der Waals surface area contributed by atoms with E-state index in [9.17, 15) is 26.3 Å². The maximum atomic E-state index is 13.5. The minimum absolute atomic E-state index is 0.0444. The van der Waals surface area contributed by atoms with Gasteiger partial charge in [-0.2, -0.15) is 40.9 Å². The summed E-state index contributed by atoms with van der Waals surface area (Å²) >= 11 is 0. The summed E-state index contributed by atoms with van der Waals surface area (Å²) in [6.45, 7) is 2.68. The van der Waals surface area contributed by atoms with Crippen LogP contribution in [0.1, 0.15) is 23.9 Å². The lowest BCUT2D eigenvalue weighted by Crippen LogP contribution is -2.59. The molecule has 1 atom stereocenters. The maximum Gasteiger partial charge on any atom is 0.435 e. The molecule has 1 unspecified atom stereocenters. The van der Waals surface area contributed by atoms with E-state index in [1.807, 2.05) is 25.1 Å². The third-order valence-electron chi connectivity index (χ3n) is 6.40. The van der Waals surface area contributed by atoms with Crippen LogP contribution in [0.25, 0.3) is 5.65 Å². The van der Waals surface area contributed by atoms with Gasteiger partial charge in [-0.15, -0.1) is 0 Å². The highest BCUT2D eigenvalue weighted by Gasteiger charge is 2.44. The molecule has 37 heavy (non-hydrogen) atoms. The SMILES string of the molecule is CC(CNc1cc(C(F)(F)F)nc2cc(C(F)(F)F)nn12)(c1ccccc1)C1CN(C(=N)N=C(N)N)C1. The Morgan fingerprint density at radius 1 is 1.05 bits per heavy atom. The van der Waals surface area contributed by atoms with Crippen molar-refractivity contribution >= 4 is 23.4 Å². The van der Waals surface area contributed by atoms with Crippen molar-refractivity contribution in [2.45, 2.75) is 24.7 Å². The lowest BCUT2D eigenvalue weighted by Gasteiger charge is -2.49. The molecule has 1 aromatic carbocycles. The Kier molecular flexibility index (Phi) is 6.42. The Hall–Kier alpha value is -4.04. The number of benzene rings is 1. The summed E-state index contributed by atoms with van der Waals surface area (Å²) in [6.07, 6.45) is -9.75. The number of rotatable bonds is 5. The second-order valence-corrected chi connectivity index (χ2v) is 8.92. The van der Waals surface area contributed by atoms with Gasteiger partial charge in [-0.05, 0) is 5.56 Å². The van der Waals surface area contributed by atoms with Gasteiger partial charge in [0.2, 0.25) is 5.96 Å². The van der Waals surface area contributed by atoms with Gasteiger partial charge in [-0.25, -0.2) is 4.98 Å². The van der Waals surface area contributed by atoms with Crippen LogP contribution in [0.5, 0.6) is 0 Å². The van der Waals surface area contributed by atoms with Crippen molar-refractivity contribution in [3.05, 3.63) is 59.4 Å². The van der Waals surface area contributed by atoms with Crippen molar-refractivity contribution in [2.24, 2.45) is 22.4 Å². The molecule has 0 saturated carbocycles. The summed E-state index contributed by atoms with van der Waals surface area (Å²) < 4.78 is 80.9. The first kappa shape index (κ1) is 26.0. The zero-order chi connectivity index (χ0) is 27.2. The van der Waals surface area contributed by atoms with Crippen molar-refractivity contribution in [1.29, 1.82) is 5.41 Å². The number of hydrogen-bond acceptors (Lipinski definition) is 4. The number of likely N-dealkylation sites (tertiary alicyclic amines) is 1. The van der Waals surface area contributed by atoms with Gasteiger partial charge in [0.1, 0.15) is 5.82 Å². The van der Waals surface area contributed by atoms with E-state index in [2.05, 4.69) is 20.4 Å². The quantitative estimate of drug-likeness (QED) is 0.229. The van der Waals surface area contributed by atoms with E-state index in [1.54, 1.807) is 17.0 Å². The van der Waals surface area contributed by atoms with Crippen molar-refractivity contribution in [2.75, 3.05) is 25.0 Å². The van der Waals surface area contributed by atoms with Crippen molar-refractivity contribution in [1.82, 2.24) is 19.5 Å². The zero-order valence-electron chi connectivity index (χ0n) is 19.4. The van der Waals surface area contributed by atoms with Crippen molar-refractivity contribution in [3.63, 3.8) is 0 Å². The fraction of sp³-hybridized carbons (Fsp3) is 0.364. The van der Waals surface area contributed by atoms with Crippen molar-refractivity contribution in [3.8, 4) is 0 Å². The van der Waals surface area contributed by atoms with Crippen LogP contribution in [0.2, 0.25) is 0 Å². The van der Waals surface area contributed by atoms with Crippen LogP contribution in [0, 0.1) is 11.3 Å². The van der Waals surface area contributed by atoms with Gasteiger partial charge in [-0.3, -0.25) is 5.41 Å². The molecule has 1 aliphatic heterocycles. The molecular weight excluding hydrogens is 504 g/mol. The molecule has 1 aliphatic rings. The number of nitrogens with one attached hydrogen (secondary N) is 2. The smallest absolute Gasteiger partial charge is 0.370 e. The minimum Gasteiger partial charge on any atom is -0.370 e. The van der Waals surface area contributed by atoms with Crippen LogP contribution in [-0.4, -0.2) is 51.1 Å². The highest BCUT2D eigenvalue weighted by molar-refractivity contribution is 5.92. The number of alkyl halides is 6. The summed E-state index contributed by atoms with van der Waals surface area (Å²) in [5, 5.41) is 14.3. The molecule has 15 heteroatoms. The number of halogens is 6. The number of nitrogens with zero attached hydrogens (tertiary/aromatic N) is 5. The number of nitrogens with two attached hydrogens (primary N) is 2. The topological polar surface area (TPSA) is 134 Å². The molecule has 2 aromatic heterocycles. The van der Waals surface area contributed by atoms with E-state index in [4.69, 9.17) is 16.9 Å². The maximum absolute atomic E-state index is 13.5. The number of aromatic nitrogens is 3. The third-order valence-corrected chi connectivity index (χ3v) is 6.40. The Morgan fingerprint density at radius 2 is 1.68 bits per heavy atom. The lowest BCUT2D eigenvalue weighted by atomic mass is 9.68. The molecule has 0 radical (unpaired) electrons. The van der Waals surface area contributed by atoms with Gasteiger partial charge in [0, 0.05) is 43.1 Å². The summed E-state index contributed by atoms with van der Waals surface area (Å²) in [5.74, 6) is -0.777. The van der Waals surface area contributed by atoms with E-state index in [-0.39, 0.29) is 30.2 Å². The van der Waals surface area contributed by atoms with E-state index in [0.29, 0.717) is 29.7 Å². The minimum atomic E-state index is -4.89. The van der Waals surface area contributed by atoms with E-state index < -0.39 is 34.8 Å². The normalized spacial score (nSPS) is 16.2. The summed E-state index contributed by atoms with van der Waals surface area (Å²) in [4.78, 5) is 8.68. The molecular formula is C22H23F6N9. The average molecular weight is 527 g/mol. The summed E-state index contributed by atoms with van der Waals surface area (Å²) in [5.41, 5.74) is 7.51. The predicted molar refractivity (Wildman–Crippen MR) is 124 cm³/mol. The lowest BCUT2D eigenvalue weighted by molar-refractivity contribution is -0.142. The Balaban J connectivity index is 1.68. The largest absolute Gasteiger partial charge is 0.435 e. The third kappa shape index (κ3) is 5.24. The van der Waals surface area contributed by atoms with E-state index in [1.165, 1.54) is 0 Å². The molecule has 0 spiro atoms. The van der Waals surface area contributed by atoms with Crippen LogP contribution < -0.4 is 16.8 Å². The Labute approximate surface area is 206 Å². The first-order valence-corrected chi connectivity index (χ1v) is 11.0. The molecule has 6 N–H and O–H groups in total. The van der Waals surface area contributed by atoms with Crippen LogP contribution in [0.15, 0.2) is 47.5 Å². The molecule has 3 heterocycles. The number of aliphatic imine (C=N–C) groups is 1. The highest BCUT2D eigenvalue weighted by atomic mass is 19.4. The average Bonchev–Trinajstić information content (AvgIpc) is 3.21. The molecule has 1 saturated heterocycles. The fourth-order valence-electron chi connectivity index (χ4n) is 4.21. The molecule has 9 nitrogen and oxygen atoms in total. The van der Waals surface area contributed by atoms with Gasteiger partial charge in [0.15, 0.2) is 23.0 Å². The predicted octanol–water partition coefficient (Wildman–Crippen LogP) is 3.28. The molecule has 198 valence electrons. The summed E-state index contributed by atoms with van der Waals surface area (Å²) in [6, 6.07) is 10.2. The van der Waals surface area contributed by atoms with Gasteiger partial charge in [-0.1, -0.05) is 37.3 Å². The molecule has 0 amide bonds.